The summed E-state index contributed by atoms with van der Waals surface area (Å²) in [7, 11) is -4.79. The lowest BCUT2D eigenvalue weighted by atomic mass is 10.4. The van der Waals surface area contributed by atoms with Crippen molar-refractivity contribution in [2.75, 3.05) is 22.9 Å². The molecule has 0 radical (unpaired) electrons. The molecular weight excluding hydrogens is 267 g/mol. The third-order valence-corrected chi connectivity index (χ3v) is 3.50. The van der Waals surface area contributed by atoms with Gasteiger partial charge in [-0.1, -0.05) is 0 Å². The van der Waals surface area contributed by atoms with E-state index in [-0.39, 0.29) is 24.4 Å². The van der Waals surface area contributed by atoms with Crippen molar-refractivity contribution in [3.8, 4) is 0 Å². The van der Waals surface area contributed by atoms with E-state index < -0.39 is 27.8 Å². The van der Waals surface area contributed by atoms with Crippen molar-refractivity contribution in [3.05, 3.63) is 0 Å². The minimum absolute atomic E-state index is 0.184. The van der Waals surface area contributed by atoms with Crippen LogP contribution < -0.4 is 16.4 Å². The Morgan fingerprint density at radius 2 is 1.78 bits per heavy atom. The highest BCUT2D eigenvalue weighted by atomic mass is 32.3. The van der Waals surface area contributed by atoms with Gasteiger partial charge in [-0.2, -0.15) is 23.4 Å². The molecule has 11 heteroatoms. The van der Waals surface area contributed by atoms with Crippen LogP contribution in [0.2, 0.25) is 0 Å². The number of halogens is 1. The minimum Gasteiger partial charge on any atom is -0.368 e. The van der Waals surface area contributed by atoms with Gasteiger partial charge in [0.2, 0.25) is 23.8 Å². The Kier molecular flexibility index (Phi) is 2.77. The molecule has 1 atom stereocenters. The van der Waals surface area contributed by atoms with E-state index in [1.165, 1.54) is 0 Å². The molecule has 0 aliphatic carbocycles. The molecule has 1 saturated heterocycles. The van der Waals surface area contributed by atoms with Crippen LogP contribution in [0.15, 0.2) is 0 Å². The highest BCUT2D eigenvalue weighted by Gasteiger charge is 2.40. The Labute approximate surface area is 101 Å². The second-order valence-corrected chi connectivity index (χ2v) is 5.28. The SMILES string of the molecule is Nc1nc(N)nc(N2CC(S(=O)(=O)F)CC2=O)n1. The standard InChI is InChI=1S/C7H9FN6O3S/c8-18(16,17)3-1-4(15)14(2-3)7-12-5(9)11-6(10)13-7/h3H,1-2H2,(H4,9,10,11,12,13). The summed E-state index contributed by atoms with van der Waals surface area (Å²) in [6.45, 7) is -0.374. The topological polar surface area (TPSA) is 145 Å². The van der Waals surface area contributed by atoms with E-state index in [0.29, 0.717) is 0 Å². The van der Waals surface area contributed by atoms with Gasteiger partial charge in [-0.25, -0.2) is 0 Å². The van der Waals surface area contributed by atoms with E-state index in [9.17, 15) is 17.1 Å². The number of nitrogen functional groups attached to an aromatic ring is 2. The summed E-state index contributed by atoms with van der Waals surface area (Å²) in [6, 6.07) is 0. The summed E-state index contributed by atoms with van der Waals surface area (Å²) in [4.78, 5) is 23.3. The molecule has 0 bridgehead atoms. The zero-order valence-electron chi connectivity index (χ0n) is 8.95. The zero-order valence-corrected chi connectivity index (χ0v) is 9.76. The molecule has 1 aliphatic rings. The first-order valence-corrected chi connectivity index (χ1v) is 6.23. The van der Waals surface area contributed by atoms with Crippen LogP contribution in [0.5, 0.6) is 0 Å². The van der Waals surface area contributed by atoms with Crippen LogP contribution in [0, 0.1) is 0 Å². The van der Waals surface area contributed by atoms with Gasteiger partial charge in [-0.05, 0) is 0 Å². The van der Waals surface area contributed by atoms with E-state index in [1.807, 2.05) is 0 Å². The fraction of sp³-hybridized carbons (Fsp3) is 0.429. The summed E-state index contributed by atoms with van der Waals surface area (Å²) in [5.41, 5.74) is 10.6. The van der Waals surface area contributed by atoms with E-state index in [2.05, 4.69) is 15.0 Å². The highest BCUT2D eigenvalue weighted by molar-refractivity contribution is 7.87. The number of nitrogens with two attached hydrogens (primary N) is 2. The normalized spacial score (nSPS) is 20.4. The average Bonchev–Trinajstić information content (AvgIpc) is 2.58. The van der Waals surface area contributed by atoms with Crippen molar-refractivity contribution >= 4 is 34.0 Å². The first-order valence-electron chi connectivity index (χ1n) is 4.78. The van der Waals surface area contributed by atoms with Crippen LogP contribution in [0.3, 0.4) is 0 Å². The van der Waals surface area contributed by atoms with E-state index in [0.717, 1.165) is 4.90 Å². The van der Waals surface area contributed by atoms with Crippen molar-refractivity contribution in [1.82, 2.24) is 15.0 Å². The first kappa shape index (κ1) is 12.4. The fourth-order valence-electron chi connectivity index (χ4n) is 1.57. The van der Waals surface area contributed by atoms with Gasteiger partial charge < -0.3 is 11.5 Å². The molecule has 0 spiro atoms. The maximum absolute atomic E-state index is 12.8. The lowest BCUT2D eigenvalue weighted by Crippen LogP contribution is -2.29. The molecule has 1 unspecified atom stereocenters. The molecule has 2 rings (SSSR count). The van der Waals surface area contributed by atoms with Gasteiger partial charge in [0.1, 0.15) is 5.25 Å². The van der Waals surface area contributed by atoms with E-state index in [4.69, 9.17) is 11.5 Å². The van der Waals surface area contributed by atoms with Crippen molar-refractivity contribution in [1.29, 1.82) is 0 Å². The summed E-state index contributed by atoms with van der Waals surface area (Å²) in [6.07, 6.45) is -0.468. The molecule has 18 heavy (non-hydrogen) atoms. The number of rotatable bonds is 2. The zero-order chi connectivity index (χ0) is 13.5. The Morgan fingerprint density at radius 3 is 2.22 bits per heavy atom. The van der Waals surface area contributed by atoms with Crippen LogP contribution in [0.25, 0.3) is 0 Å². The van der Waals surface area contributed by atoms with Gasteiger partial charge in [0.15, 0.2) is 0 Å². The molecule has 1 aromatic rings. The predicted molar refractivity (Wildman–Crippen MR) is 59.4 cm³/mol. The second kappa shape index (κ2) is 4.01. The summed E-state index contributed by atoms with van der Waals surface area (Å²) >= 11 is 0. The fourth-order valence-corrected chi connectivity index (χ4v) is 2.24. The number of nitrogens with zero attached hydrogens (tertiary/aromatic N) is 4. The van der Waals surface area contributed by atoms with Crippen molar-refractivity contribution in [2.45, 2.75) is 11.7 Å². The molecule has 2 heterocycles. The van der Waals surface area contributed by atoms with Gasteiger partial charge in [0.25, 0.3) is 0 Å². The minimum atomic E-state index is -4.79. The molecule has 1 amide bonds. The molecule has 1 aromatic heterocycles. The summed E-state index contributed by atoms with van der Waals surface area (Å²) < 4.78 is 34.3. The third kappa shape index (κ3) is 2.30. The third-order valence-electron chi connectivity index (χ3n) is 2.39. The smallest absolute Gasteiger partial charge is 0.307 e. The number of amides is 1. The molecule has 4 N–H and O–H groups in total. The highest BCUT2D eigenvalue weighted by Crippen LogP contribution is 2.23. The maximum atomic E-state index is 12.8. The first-order chi connectivity index (χ1) is 8.27. The van der Waals surface area contributed by atoms with Crippen LogP contribution in [0.1, 0.15) is 6.42 Å². The maximum Gasteiger partial charge on any atom is 0.307 e. The lowest BCUT2D eigenvalue weighted by Gasteiger charge is -2.13. The molecule has 98 valence electrons. The van der Waals surface area contributed by atoms with Crippen LogP contribution >= 0.6 is 0 Å². The van der Waals surface area contributed by atoms with Crippen molar-refractivity contribution in [2.24, 2.45) is 0 Å². The van der Waals surface area contributed by atoms with E-state index >= 15 is 0 Å². The molecule has 1 aliphatic heterocycles. The lowest BCUT2D eigenvalue weighted by molar-refractivity contribution is -0.117. The molecule has 1 fully saturated rings. The van der Waals surface area contributed by atoms with Crippen LogP contribution in [0.4, 0.5) is 21.7 Å². The average molecular weight is 276 g/mol. The number of hydrogen-bond donors (Lipinski definition) is 2. The van der Waals surface area contributed by atoms with Gasteiger partial charge in [0.05, 0.1) is 0 Å². The van der Waals surface area contributed by atoms with Crippen molar-refractivity contribution < 1.29 is 17.1 Å². The molecule has 0 aromatic carbocycles. The van der Waals surface area contributed by atoms with E-state index in [1.54, 1.807) is 0 Å². The number of hydrogen-bond acceptors (Lipinski definition) is 8. The molecular formula is C7H9FN6O3S. The van der Waals surface area contributed by atoms with Crippen LogP contribution in [-0.4, -0.2) is 41.1 Å². The Hall–Kier alpha value is -2.04. The monoisotopic (exact) mass is 276 g/mol. The number of anilines is 3. The predicted octanol–water partition coefficient (Wildman–Crippen LogP) is -1.56. The quantitative estimate of drug-likeness (QED) is 0.617. The second-order valence-electron chi connectivity index (χ2n) is 3.66. The van der Waals surface area contributed by atoms with Gasteiger partial charge in [-0.3, -0.25) is 9.69 Å². The Balaban J connectivity index is 2.32. The Bertz CT molecular complexity index is 585. The number of carbonyl (C=O) groups is 1. The summed E-state index contributed by atoms with van der Waals surface area (Å²) in [5, 5.41) is -1.43. The number of carbonyl (C=O) groups excluding carboxylic acids is 1. The van der Waals surface area contributed by atoms with Gasteiger partial charge in [0, 0.05) is 13.0 Å². The Morgan fingerprint density at radius 1 is 1.22 bits per heavy atom. The number of aromatic nitrogens is 3. The van der Waals surface area contributed by atoms with Gasteiger partial charge >= 0.3 is 10.2 Å². The van der Waals surface area contributed by atoms with Crippen LogP contribution in [-0.2, 0) is 15.0 Å². The van der Waals surface area contributed by atoms with Crippen molar-refractivity contribution in [3.63, 3.8) is 0 Å². The molecule has 9 nitrogen and oxygen atoms in total. The van der Waals surface area contributed by atoms with Gasteiger partial charge in [-0.15, -0.1) is 3.89 Å². The summed E-state index contributed by atoms with van der Waals surface area (Å²) in [5.74, 6) is -1.23. The largest absolute Gasteiger partial charge is 0.368 e. The molecule has 0 saturated carbocycles.